The third-order valence-corrected chi connectivity index (χ3v) is 3.15. The van der Waals surface area contributed by atoms with Crippen LogP contribution in [-0.4, -0.2) is 21.5 Å². The molecule has 0 fully saturated rings. The van der Waals surface area contributed by atoms with E-state index in [0.29, 0.717) is 6.42 Å². The number of rotatable bonds is 6. The number of nitrogens with one attached hydrogen (secondary N) is 1. The second kappa shape index (κ2) is 6.86. The highest BCUT2D eigenvalue weighted by atomic mass is 16.2. The number of carbonyl (C=O) groups excluding carboxylic acids is 1. The van der Waals surface area contributed by atoms with Gasteiger partial charge in [-0.3, -0.25) is 4.79 Å². The van der Waals surface area contributed by atoms with Gasteiger partial charge in [-0.25, -0.2) is 4.98 Å². The standard InChI is InChI=1S/C15H20N4O/c1-2-3-6-12(16)15(20)18-13-7-4-5-8-14(13)19-10-9-17-11-19/h4-5,7-12H,2-3,6,16H2,1H3,(H,18,20)/t12-/m0/s1. The number of amides is 1. The first-order valence-corrected chi connectivity index (χ1v) is 6.86. The molecule has 0 spiro atoms. The summed E-state index contributed by atoms with van der Waals surface area (Å²) in [5.74, 6) is -0.147. The Bertz CT molecular complexity index is 551. The number of unbranched alkanes of at least 4 members (excludes halogenated alkanes) is 1. The molecule has 0 radical (unpaired) electrons. The second-order valence-electron chi connectivity index (χ2n) is 4.73. The fourth-order valence-electron chi connectivity index (χ4n) is 1.99. The SMILES string of the molecule is CCCC[C@H](N)C(=O)Nc1ccccc1-n1ccnc1. The lowest BCUT2D eigenvalue weighted by molar-refractivity contribution is -0.117. The van der Waals surface area contributed by atoms with Crippen molar-refractivity contribution in [2.45, 2.75) is 32.2 Å². The van der Waals surface area contributed by atoms with Gasteiger partial charge in [0.1, 0.15) is 0 Å². The zero-order valence-corrected chi connectivity index (χ0v) is 11.6. The van der Waals surface area contributed by atoms with E-state index in [1.807, 2.05) is 35.0 Å². The first kappa shape index (κ1) is 14.3. The minimum atomic E-state index is -0.467. The van der Waals surface area contributed by atoms with Crippen LogP contribution in [0.4, 0.5) is 5.69 Å². The molecule has 0 aliphatic heterocycles. The maximum Gasteiger partial charge on any atom is 0.241 e. The number of carbonyl (C=O) groups is 1. The zero-order chi connectivity index (χ0) is 14.4. The number of aromatic nitrogens is 2. The molecule has 0 aliphatic rings. The summed E-state index contributed by atoms with van der Waals surface area (Å²) in [4.78, 5) is 16.1. The Balaban J connectivity index is 2.12. The molecule has 2 aromatic rings. The fourth-order valence-corrected chi connectivity index (χ4v) is 1.99. The Morgan fingerprint density at radius 1 is 1.45 bits per heavy atom. The maximum atomic E-state index is 12.1. The van der Waals surface area contributed by atoms with Gasteiger partial charge in [-0.15, -0.1) is 0 Å². The summed E-state index contributed by atoms with van der Waals surface area (Å²) < 4.78 is 1.85. The number of anilines is 1. The van der Waals surface area contributed by atoms with Gasteiger partial charge in [-0.2, -0.15) is 0 Å². The Hall–Kier alpha value is -2.14. The van der Waals surface area contributed by atoms with Gasteiger partial charge >= 0.3 is 0 Å². The molecule has 1 aromatic heterocycles. The van der Waals surface area contributed by atoms with E-state index in [9.17, 15) is 4.79 Å². The van der Waals surface area contributed by atoms with Gasteiger partial charge in [0.25, 0.3) is 0 Å². The van der Waals surface area contributed by atoms with Crippen LogP contribution in [0.5, 0.6) is 0 Å². The molecular weight excluding hydrogens is 252 g/mol. The van der Waals surface area contributed by atoms with Gasteiger partial charge in [-0.1, -0.05) is 31.9 Å². The third kappa shape index (κ3) is 3.45. The molecule has 5 nitrogen and oxygen atoms in total. The van der Waals surface area contributed by atoms with Gasteiger partial charge < -0.3 is 15.6 Å². The zero-order valence-electron chi connectivity index (χ0n) is 11.6. The minimum absolute atomic E-state index is 0.147. The van der Waals surface area contributed by atoms with Crippen LogP contribution >= 0.6 is 0 Å². The van der Waals surface area contributed by atoms with Crippen molar-refractivity contribution in [1.29, 1.82) is 0 Å². The molecule has 0 saturated carbocycles. The first-order chi connectivity index (χ1) is 9.72. The van der Waals surface area contributed by atoms with Crippen LogP contribution in [-0.2, 0) is 4.79 Å². The Morgan fingerprint density at radius 3 is 2.95 bits per heavy atom. The molecule has 0 aliphatic carbocycles. The number of para-hydroxylation sites is 2. The van der Waals surface area contributed by atoms with Gasteiger partial charge in [0.2, 0.25) is 5.91 Å². The third-order valence-electron chi connectivity index (χ3n) is 3.15. The predicted octanol–water partition coefficient (Wildman–Crippen LogP) is 2.33. The smallest absolute Gasteiger partial charge is 0.241 e. The average Bonchev–Trinajstić information content (AvgIpc) is 2.99. The molecular formula is C15H20N4O. The van der Waals surface area contributed by atoms with E-state index in [0.717, 1.165) is 24.2 Å². The number of hydrogen-bond acceptors (Lipinski definition) is 3. The molecule has 0 saturated heterocycles. The summed E-state index contributed by atoms with van der Waals surface area (Å²) in [6, 6.07) is 7.12. The van der Waals surface area contributed by atoms with Crippen molar-refractivity contribution in [2.24, 2.45) is 5.73 Å². The average molecular weight is 272 g/mol. The molecule has 1 heterocycles. The van der Waals surface area contributed by atoms with E-state index in [1.54, 1.807) is 12.5 Å². The molecule has 1 atom stereocenters. The summed E-state index contributed by atoms with van der Waals surface area (Å²) in [5, 5.41) is 2.89. The Labute approximate surface area is 118 Å². The molecule has 5 heteroatoms. The van der Waals surface area contributed by atoms with Crippen molar-refractivity contribution in [3.63, 3.8) is 0 Å². The quantitative estimate of drug-likeness (QED) is 0.847. The summed E-state index contributed by atoms with van der Waals surface area (Å²) in [6.07, 6.45) is 7.93. The number of benzene rings is 1. The fraction of sp³-hybridized carbons (Fsp3) is 0.333. The van der Waals surface area contributed by atoms with Gasteiger partial charge in [0.15, 0.2) is 0 Å². The number of imidazole rings is 1. The van der Waals surface area contributed by atoms with Crippen molar-refractivity contribution >= 4 is 11.6 Å². The Kier molecular flexibility index (Phi) is 4.90. The molecule has 0 bridgehead atoms. The van der Waals surface area contributed by atoms with Crippen molar-refractivity contribution in [2.75, 3.05) is 5.32 Å². The molecule has 1 amide bonds. The van der Waals surface area contributed by atoms with E-state index < -0.39 is 6.04 Å². The number of hydrogen-bond donors (Lipinski definition) is 2. The number of nitrogens with zero attached hydrogens (tertiary/aromatic N) is 2. The van der Waals surface area contributed by atoms with Crippen LogP contribution in [0.3, 0.4) is 0 Å². The highest BCUT2D eigenvalue weighted by molar-refractivity contribution is 5.96. The maximum absolute atomic E-state index is 12.1. The van der Waals surface area contributed by atoms with Gasteiger partial charge in [0.05, 0.1) is 23.7 Å². The normalized spacial score (nSPS) is 12.1. The summed E-state index contributed by atoms with van der Waals surface area (Å²) in [6.45, 7) is 2.08. The van der Waals surface area contributed by atoms with Crippen molar-refractivity contribution in [3.05, 3.63) is 43.0 Å². The van der Waals surface area contributed by atoms with E-state index in [2.05, 4.69) is 17.2 Å². The van der Waals surface area contributed by atoms with Crippen molar-refractivity contribution in [1.82, 2.24) is 9.55 Å². The monoisotopic (exact) mass is 272 g/mol. The van der Waals surface area contributed by atoms with E-state index in [-0.39, 0.29) is 5.91 Å². The topological polar surface area (TPSA) is 72.9 Å². The van der Waals surface area contributed by atoms with Crippen molar-refractivity contribution in [3.8, 4) is 5.69 Å². The number of nitrogens with two attached hydrogens (primary N) is 1. The Morgan fingerprint density at radius 2 is 2.25 bits per heavy atom. The summed E-state index contributed by atoms with van der Waals surface area (Å²) in [5.41, 5.74) is 7.50. The molecule has 0 unspecified atom stereocenters. The van der Waals surface area contributed by atoms with Crippen LogP contribution in [0, 0.1) is 0 Å². The van der Waals surface area contributed by atoms with Gasteiger partial charge in [-0.05, 0) is 18.6 Å². The lowest BCUT2D eigenvalue weighted by Crippen LogP contribution is -2.35. The highest BCUT2D eigenvalue weighted by Crippen LogP contribution is 2.19. The lowest BCUT2D eigenvalue weighted by Gasteiger charge is -2.15. The lowest BCUT2D eigenvalue weighted by atomic mass is 10.1. The minimum Gasteiger partial charge on any atom is -0.323 e. The second-order valence-corrected chi connectivity index (χ2v) is 4.73. The van der Waals surface area contributed by atoms with Crippen LogP contribution in [0.25, 0.3) is 5.69 Å². The summed E-state index contributed by atoms with van der Waals surface area (Å²) in [7, 11) is 0. The van der Waals surface area contributed by atoms with E-state index in [4.69, 9.17) is 5.73 Å². The predicted molar refractivity (Wildman–Crippen MR) is 79.7 cm³/mol. The van der Waals surface area contributed by atoms with Crippen LogP contribution in [0.15, 0.2) is 43.0 Å². The van der Waals surface area contributed by atoms with Crippen LogP contribution < -0.4 is 11.1 Å². The van der Waals surface area contributed by atoms with E-state index in [1.165, 1.54) is 0 Å². The summed E-state index contributed by atoms with van der Waals surface area (Å²) >= 11 is 0. The molecule has 1 aromatic carbocycles. The molecule has 20 heavy (non-hydrogen) atoms. The van der Waals surface area contributed by atoms with Crippen LogP contribution in [0.1, 0.15) is 26.2 Å². The molecule has 3 N–H and O–H groups in total. The molecule has 106 valence electrons. The van der Waals surface area contributed by atoms with Gasteiger partial charge in [0, 0.05) is 12.4 Å². The van der Waals surface area contributed by atoms with Crippen molar-refractivity contribution < 1.29 is 4.79 Å². The largest absolute Gasteiger partial charge is 0.323 e. The van der Waals surface area contributed by atoms with E-state index >= 15 is 0 Å². The highest BCUT2D eigenvalue weighted by Gasteiger charge is 2.14. The molecule has 2 rings (SSSR count). The van der Waals surface area contributed by atoms with Crippen LogP contribution in [0.2, 0.25) is 0 Å². The first-order valence-electron chi connectivity index (χ1n) is 6.86.